The van der Waals surface area contributed by atoms with Gasteiger partial charge in [0.05, 0.1) is 0 Å². The van der Waals surface area contributed by atoms with Crippen LogP contribution in [0.5, 0.6) is 0 Å². The third-order valence-electron chi connectivity index (χ3n) is 2.74. The van der Waals surface area contributed by atoms with Gasteiger partial charge in [-0.1, -0.05) is 51.1 Å². The lowest BCUT2D eigenvalue weighted by atomic mass is 9.89. The maximum Gasteiger partial charge on any atom is 0.00920 e. The van der Waals surface area contributed by atoms with Gasteiger partial charge in [-0.2, -0.15) is 0 Å². The number of benzene rings is 1. The first-order valence-electron chi connectivity index (χ1n) is 5.67. The Morgan fingerprint density at radius 3 is 2.31 bits per heavy atom. The summed E-state index contributed by atoms with van der Waals surface area (Å²) in [5, 5.41) is 2.29. The van der Waals surface area contributed by atoms with Crippen molar-refractivity contribution in [3.63, 3.8) is 0 Å². The molecule has 0 saturated carbocycles. The van der Waals surface area contributed by atoms with Gasteiger partial charge >= 0.3 is 0 Å². The SMILES string of the molecule is CC(C)(C)c1csc(Cc2ccccc2)c1. The topological polar surface area (TPSA) is 0 Å². The molecule has 0 spiro atoms. The largest absolute Gasteiger partial charge is 0.148 e. The molecule has 84 valence electrons. The van der Waals surface area contributed by atoms with E-state index in [1.807, 2.05) is 11.3 Å². The standard InChI is InChI=1S/C15H18S/c1-15(2,3)13-10-14(16-11-13)9-12-7-5-4-6-8-12/h4-8,10-11H,9H2,1-3H3. The third-order valence-corrected chi connectivity index (χ3v) is 3.68. The molecule has 1 heteroatoms. The molecule has 0 saturated heterocycles. The molecule has 1 aromatic heterocycles. The van der Waals surface area contributed by atoms with E-state index in [1.165, 1.54) is 16.0 Å². The van der Waals surface area contributed by atoms with E-state index in [2.05, 4.69) is 62.5 Å². The average molecular weight is 230 g/mol. The van der Waals surface area contributed by atoms with Gasteiger partial charge in [0.25, 0.3) is 0 Å². The lowest BCUT2D eigenvalue weighted by Gasteiger charge is -2.15. The molecule has 0 radical (unpaired) electrons. The normalized spacial score (nSPS) is 11.7. The van der Waals surface area contributed by atoms with Crippen molar-refractivity contribution in [2.45, 2.75) is 32.6 Å². The maximum atomic E-state index is 2.34. The molecular formula is C15H18S. The zero-order valence-electron chi connectivity index (χ0n) is 10.2. The van der Waals surface area contributed by atoms with Crippen LogP contribution in [0.25, 0.3) is 0 Å². The summed E-state index contributed by atoms with van der Waals surface area (Å²) in [6.45, 7) is 6.80. The van der Waals surface area contributed by atoms with Gasteiger partial charge in [0.15, 0.2) is 0 Å². The first-order chi connectivity index (χ1) is 7.55. The first-order valence-corrected chi connectivity index (χ1v) is 6.55. The molecule has 0 fully saturated rings. The van der Waals surface area contributed by atoms with Gasteiger partial charge in [-0.25, -0.2) is 0 Å². The van der Waals surface area contributed by atoms with Crippen molar-refractivity contribution >= 4 is 11.3 Å². The van der Waals surface area contributed by atoms with Gasteiger partial charge in [0.1, 0.15) is 0 Å². The van der Waals surface area contributed by atoms with Crippen LogP contribution in [-0.4, -0.2) is 0 Å². The lowest BCUT2D eigenvalue weighted by molar-refractivity contribution is 0.592. The van der Waals surface area contributed by atoms with E-state index in [0.29, 0.717) is 0 Å². The smallest absolute Gasteiger partial charge is 0.00920 e. The van der Waals surface area contributed by atoms with Crippen molar-refractivity contribution in [2.75, 3.05) is 0 Å². The van der Waals surface area contributed by atoms with E-state index in [9.17, 15) is 0 Å². The summed E-state index contributed by atoms with van der Waals surface area (Å²) in [5.41, 5.74) is 3.11. The van der Waals surface area contributed by atoms with E-state index >= 15 is 0 Å². The second kappa shape index (κ2) is 4.42. The van der Waals surface area contributed by atoms with Crippen LogP contribution in [-0.2, 0) is 11.8 Å². The molecule has 0 aliphatic rings. The van der Waals surface area contributed by atoms with Crippen molar-refractivity contribution in [2.24, 2.45) is 0 Å². The molecule has 0 nitrogen and oxygen atoms in total. The summed E-state index contributed by atoms with van der Waals surface area (Å²) in [7, 11) is 0. The third kappa shape index (κ3) is 2.73. The van der Waals surface area contributed by atoms with Crippen molar-refractivity contribution in [3.8, 4) is 0 Å². The Labute approximate surface area is 102 Å². The number of thiophene rings is 1. The van der Waals surface area contributed by atoms with Crippen LogP contribution in [0.1, 0.15) is 36.8 Å². The Bertz CT molecular complexity index is 446. The van der Waals surface area contributed by atoms with Crippen LogP contribution in [0.4, 0.5) is 0 Å². The number of hydrogen-bond donors (Lipinski definition) is 0. The predicted octanol–water partition coefficient (Wildman–Crippen LogP) is 4.64. The van der Waals surface area contributed by atoms with Crippen LogP contribution in [0.2, 0.25) is 0 Å². The average Bonchev–Trinajstić information content (AvgIpc) is 2.67. The van der Waals surface area contributed by atoms with E-state index < -0.39 is 0 Å². The molecule has 0 amide bonds. The molecule has 1 aromatic carbocycles. The predicted molar refractivity (Wildman–Crippen MR) is 72.3 cm³/mol. The van der Waals surface area contributed by atoms with Crippen LogP contribution < -0.4 is 0 Å². The fourth-order valence-electron chi connectivity index (χ4n) is 1.66. The van der Waals surface area contributed by atoms with Gasteiger partial charge in [-0.05, 0) is 28.0 Å². The van der Waals surface area contributed by atoms with Crippen molar-refractivity contribution in [3.05, 3.63) is 57.8 Å². The Kier molecular flexibility index (Phi) is 3.15. The molecule has 0 unspecified atom stereocenters. The maximum absolute atomic E-state index is 2.34. The zero-order chi connectivity index (χ0) is 11.6. The summed E-state index contributed by atoms with van der Waals surface area (Å²) >= 11 is 1.87. The van der Waals surface area contributed by atoms with E-state index in [4.69, 9.17) is 0 Å². The van der Waals surface area contributed by atoms with Gasteiger partial charge in [-0.3, -0.25) is 0 Å². The number of rotatable bonds is 2. The van der Waals surface area contributed by atoms with Gasteiger partial charge in [0, 0.05) is 11.3 Å². The van der Waals surface area contributed by atoms with Crippen LogP contribution in [0.15, 0.2) is 41.8 Å². The molecule has 0 N–H and O–H groups in total. The zero-order valence-corrected chi connectivity index (χ0v) is 11.0. The van der Waals surface area contributed by atoms with E-state index in [-0.39, 0.29) is 5.41 Å². The minimum Gasteiger partial charge on any atom is -0.148 e. The van der Waals surface area contributed by atoms with Crippen LogP contribution in [0, 0.1) is 0 Å². The van der Waals surface area contributed by atoms with Gasteiger partial charge in [0.2, 0.25) is 0 Å². The molecule has 0 aliphatic heterocycles. The number of hydrogen-bond acceptors (Lipinski definition) is 1. The van der Waals surface area contributed by atoms with Crippen LogP contribution >= 0.6 is 11.3 Å². The molecule has 16 heavy (non-hydrogen) atoms. The molecule has 0 atom stereocenters. The van der Waals surface area contributed by atoms with Crippen molar-refractivity contribution < 1.29 is 0 Å². The second-order valence-corrected chi connectivity index (χ2v) is 6.21. The summed E-state index contributed by atoms with van der Waals surface area (Å²) in [6, 6.07) is 13.0. The van der Waals surface area contributed by atoms with E-state index in [0.717, 1.165) is 6.42 Å². The molecule has 0 bridgehead atoms. The monoisotopic (exact) mass is 230 g/mol. The Morgan fingerprint density at radius 1 is 1.06 bits per heavy atom. The molecule has 2 rings (SSSR count). The van der Waals surface area contributed by atoms with Gasteiger partial charge < -0.3 is 0 Å². The fraction of sp³-hybridized carbons (Fsp3) is 0.333. The second-order valence-electron chi connectivity index (χ2n) is 5.21. The highest BCUT2D eigenvalue weighted by Gasteiger charge is 2.15. The summed E-state index contributed by atoms with van der Waals surface area (Å²) < 4.78 is 0. The molecular weight excluding hydrogens is 212 g/mol. The highest BCUT2D eigenvalue weighted by molar-refractivity contribution is 7.10. The highest BCUT2D eigenvalue weighted by Crippen LogP contribution is 2.28. The van der Waals surface area contributed by atoms with Crippen molar-refractivity contribution in [1.29, 1.82) is 0 Å². The molecule has 2 aromatic rings. The fourth-order valence-corrected chi connectivity index (χ4v) is 2.81. The van der Waals surface area contributed by atoms with E-state index in [1.54, 1.807) is 0 Å². The quantitative estimate of drug-likeness (QED) is 0.705. The summed E-state index contributed by atoms with van der Waals surface area (Å²) in [4.78, 5) is 1.45. The Morgan fingerprint density at radius 2 is 1.75 bits per heavy atom. The lowest BCUT2D eigenvalue weighted by Crippen LogP contribution is -2.09. The minimum atomic E-state index is 0.269. The van der Waals surface area contributed by atoms with Crippen molar-refractivity contribution in [1.82, 2.24) is 0 Å². The molecule has 1 heterocycles. The highest BCUT2D eigenvalue weighted by atomic mass is 32.1. The summed E-state index contributed by atoms with van der Waals surface area (Å²) in [6.07, 6.45) is 1.06. The van der Waals surface area contributed by atoms with Gasteiger partial charge in [-0.15, -0.1) is 11.3 Å². The minimum absolute atomic E-state index is 0.269. The Hall–Kier alpha value is -1.08. The Balaban J connectivity index is 2.15. The summed E-state index contributed by atoms with van der Waals surface area (Å²) in [5.74, 6) is 0. The van der Waals surface area contributed by atoms with Crippen LogP contribution in [0.3, 0.4) is 0 Å². The first kappa shape index (κ1) is 11.4. The molecule has 0 aliphatic carbocycles.